The molecule has 0 aliphatic carbocycles. The predicted octanol–water partition coefficient (Wildman–Crippen LogP) is 2.42. The lowest BCUT2D eigenvalue weighted by molar-refractivity contribution is -0.140. The van der Waals surface area contributed by atoms with Gasteiger partial charge in [0.15, 0.2) is 0 Å². The second-order valence-electron chi connectivity index (χ2n) is 4.49. The zero-order chi connectivity index (χ0) is 11.1. The van der Waals surface area contributed by atoms with Crippen LogP contribution < -0.4 is 4.74 Å². The van der Waals surface area contributed by atoms with Crippen LogP contribution in [0.5, 0.6) is 5.75 Å². The van der Waals surface area contributed by atoms with E-state index in [4.69, 9.17) is 9.84 Å². The third kappa shape index (κ3) is 1.82. The topological polar surface area (TPSA) is 46.5 Å². The molecule has 1 aromatic rings. The predicted molar refractivity (Wildman–Crippen MR) is 56.1 cm³/mol. The Morgan fingerprint density at radius 2 is 2.13 bits per heavy atom. The summed E-state index contributed by atoms with van der Waals surface area (Å²) in [4.78, 5) is 11.1. The lowest BCUT2D eigenvalue weighted by atomic mass is 9.84. The van der Waals surface area contributed by atoms with E-state index in [1.807, 2.05) is 38.1 Å². The van der Waals surface area contributed by atoms with E-state index in [9.17, 15) is 4.79 Å². The van der Waals surface area contributed by atoms with Gasteiger partial charge in [0.05, 0.1) is 5.92 Å². The van der Waals surface area contributed by atoms with Crippen molar-refractivity contribution in [2.45, 2.75) is 31.8 Å². The van der Waals surface area contributed by atoms with E-state index in [-0.39, 0.29) is 0 Å². The molecular formula is C12H14O3. The van der Waals surface area contributed by atoms with E-state index >= 15 is 0 Å². The molecule has 1 unspecified atom stereocenters. The Bertz CT molecular complexity index is 396. The van der Waals surface area contributed by atoms with Crippen molar-refractivity contribution in [1.82, 2.24) is 0 Å². The molecule has 1 atom stereocenters. The maximum atomic E-state index is 11.1. The monoisotopic (exact) mass is 206 g/mol. The minimum absolute atomic E-state index is 0.405. The zero-order valence-electron chi connectivity index (χ0n) is 8.86. The molecule has 0 radical (unpaired) electrons. The van der Waals surface area contributed by atoms with Crippen LogP contribution in [0.15, 0.2) is 24.3 Å². The molecule has 1 heterocycles. The van der Waals surface area contributed by atoms with Gasteiger partial charge in [0.2, 0.25) is 0 Å². The standard InChI is InChI=1S/C12H14O3/c1-12(2)7-9(11(13)14)8-5-3-4-6-10(8)15-12/h3-6,9H,7H2,1-2H3,(H,13,14). The summed E-state index contributed by atoms with van der Waals surface area (Å²) >= 11 is 0. The van der Waals surface area contributed by atoms with Crippen molar-refractivity contribution in [2.75, 3.05) is 0 Å². The molecule has 0 spiro atoms. The summed E-state index contributed by atoms with van der Waals surface area (Å²) in [5, 5.41) is 9.16. The van der Waals surface area contributed by atoms with Crippen LogP contribution in [0.1, 0.15) is 31.7 Å². The van der Waals surface area contributed by atoms with Gasteiger partial charge in [0.25, 0.3) is 0 Å². The van der Waals surface area contributed by atoms with Crippen molar-refractivity contribution in [1.29, 1.82) is 0 Å². The number of carboxylic acid groups (broad SMARTS) is 1. The Morgan fingerprint density at radius 1 is 1.47 bits per heavy atom. The highest BCUT2D eigenvalue weighted by Crippen LogP contribution is 2.40. The lowest BCUT2D eigenvalue weighted by Gasteiger charge is -2.35. The number of hydrogen-bond donors (Lipinski definition) is 1. The van der Waals surface area contributed by atoms with E-state index in [1.165, 1.54) is 0 Å². The molecule has 1 N–H and O–H groups in total. The van der Waals surface area contributed by atoms with Gasteiger partial charge in [-0.05, 0) is 19.9 Å². The van der Waals surface area contributed by atoms with Crippen LogP contribution in [-0.2, 0) is 4.79 Å². The normalized spacial score (nSPS) is 22.7. The fourth-order valence-corrected chi connectivity index (χ4v) is 2.02. The molecule has 0 saturated carbocycles. The van der Waals surface area contributed by atoms with Gasteiger partial charge < -0.3 is 9.84 Å². The quantitative estimate of drug-likeness (QED) is 0.767. The van der Waals surface area contributed by atoms with Crippen molar-refractivity contribution < 1.29 is 14.6 Å². The molecule has 1 aromatic carbocycles. The summed E-state index contributed by atoms with van der Waals surface area (Å²) in [6.07, 6.45) is 0.513. The van der Waals surface area contributed by atoms with Gasteiger partial charge >= 0.3 is 5.97 Å². The molecular weight excluding hydrogens is 192 g/mol. The van der Waals surface area contributed by atoms with Crippen LogP contribution in [0.4, 0.5) is 0 Å². The summed E-state index contributed by atoms with van der Waals surface area (Å²) in [5.74, 6) is -0.537. The largest absolute Gasteiger partial charge is 0.488 e. The summed E-state index contributed by atoms with van der Waals surface area (Å²) in [5.41, 5.74) is 0.376. The Hall–Kier alpha value is -1.51. The third-order valence-electron chi connectivity index (χ3n) is 2.67. The first kappa shape index (κ1) is 10.0. The molecule has 3 heteroatoms. The molecule has 1 aliphatic heterocycles. The maximum absolute atomic E-state index is 11.1. The minimum Gasteiger partial charge on any atom is -0.488 e. The minimum atomic E-state index is -0.779. The molecule has 1 aliphatic rings. The van der Waals surface area contributed by atoms with E-state index in [2.05, 4.69) is 0 Å². The molecule has 0 fully saturated rings. The zero-order valence-corrected chi connectivity index (χ0v) is 8.86. The van der Waals surface area contributed by atoms with Crippen LogP contribution in [0.2, 0.25) is 0 Å². The molecule has 2 rings (SSSR count). The Labute approximate surface area is 88.7 Å². The third-order valence-corrected chi connectivity index (χ3v) is 2.67. The van der Waals surface area contributed by atoms with Crippen LogP contribution >= 0.6 is 0 Å². The molecule has 80 valence electrons. The second-order valence-corrected chi connectivity index (χ2v) is 4.49. The van der Waals surface area contributed by atoms with Crippen molar-refractivity contribution in [3.8, 4) is 5.75 Å². The Morgan fingerprint density at radius 3 is 2.80 bits per heavy atom. The SMILES string of the molecule is CC1(C)CC(C(=O)O)c2ccccc2O1. The lowest BCUT2D eigenvalue weighted by Crippen LogP contribution is -2.37. The van der Waals surface area contributed by atoms with Gasteiger partial charge in [0.1, 0.15) is 11.4 Å². The molecule has 0 aromatic heterocycles. The van der Waals surface area contributed by atoms with Crippen molar-refractivity contribution in [3.05, 3.63) is 29.8 Å². The van der Waals surface area contributed by atoms with Gasteiger partial charge in [-0.2, -0.15) is 0 Å². The van der Waals surface area contributed by atoms with E-state index in [0.717, 1.165) is 5.56 Å². The molecule has 3 nitrogen and oxygen atoms in total. The highest BCUT2D eigenvalue weighted by Gasteiger charge is 2.37. The number of rotatable bonds is 1. The van der Waals surface area contributed by atoms with Crippen LogP contribution in [-0.4, -0.2) is 16.7 Å². The maximum Gasteiger partial charge on any atom is 0.311 e. The number of fused-ring (bicyclic) bond motifs is 1. The summed E-state index contributed by atoms with van der Waals surface area (Å²) in [7, 11) is 0. The van der Waals surface area contributed by atoms with E-state index in [1.54, 1.807) is 0 Å². The number of carboxylic acids is 1. The van der Waals surface area contributed by atoms with Gasteiger partial charge in [-0.3, -0.25) is 4.79 Å². The van der Waals surface area contributed by atoms with Crippen LogP contribution in [0.3, 0.4) is 0 Å². The Kier molecular flexibility index (Phi) is 2.18. The summed E-state index contributed by atoms with van der Waals surface area (Å²) in [6.45, 7) is 3.83. The van der Waals surface area contributed by atoms with Gasteiger partial charge in [-0.25, -0.2) is 0 Å². The van der Waals surface area contributed by atoms with Gasteiger partial charge in [-0.1, -0.05) is 18.2 Å². The average molecular weight is 206 g/mol. The van der Waals surface area contributed by atoms with Crippen molar-refractivity contribution in [2.24, 2.45) is 0 Å². The fourth-order valence-electron chi connectivity index (χ4n) is 2.02. The summed E-state index contributed by atoms with van der Waals surface area (Å²) in [6, 6.07) is 7.35. The molecule has 0 amide bonds. The first-order valence-electron chi connectivity index (χ1n) is 5.00. The number of benzene rings is 1. The van der Waals surface area contributed by atoms with Crippen molar-refractivity contribution in [3.63, 3.8) is 0 Å². The smallest absolute Gasteiger partial charge is 0.311 e. The number of ether oxygens (including phenoxy) is 1. The second kappa shape index (κ2) is 3.26. The number of carbonyl (C=O) groups is 1. The van der Waals surface area contributed by atoms with Crippen molar-refractivity contribution >= 4 is 5.97 Å². The highest BCUT2D eigenvalue weighted by molar-refractivity contribution is 5.77. The van der Waals surface area contributed by atoms with E-state index in [0.29, 0.717) is 12.2 Å². The van der Waals surface area contributed by atoms with Gasteiger partial charge in [-0.15, -0.1) is 0 Å². The average Bonchev–Trinajstić information content (AvgIpc) is 2.14. The number of para-hydroxylation sites is 1. The first-order chi connectivity index (χ1) is 6.99. The summed E-state index contributed by atoms with van der Waals surface area (Å²) < 4.78 is 5.74. The van der Waals surface area contributed by atoms with Gasteiger partial charge in [0, 0.05) is 12.0 Å². The highest BCUT2D eigenvalue weighted by atomic mass is 16.5. The molecule has 0 bridgehead atoms. The Balaban J connectivity index is 2.47. The number of aliphatic carboxylic acids is 1. The van der Waals surface area contributed by atoms with Crippen LogP contribution in [0.25, 0.3) is 0 Å². The van der Waals surface area contributed by atoms with E-state index < -0.39 is 17.5 Å². The molecule has 15 heavy (non-hydrogen) atoms. The fraction of sp³-hybridized carbons (Fsp3) is 0.417. The molecule has 0 saturated heterocycles. The number of hydrogen-bond acceptors (Lipinski definition) is 2. The first-order valence-corrected chi connectivity index (χ1v) is 5.00. The van der Waals surface area contributed by atoms with Crippen LogP contribution in [0, 0.1) is 0 Å².